The van der Waals surface area contributed by atoms with Gasteiger partial charge in [0.05, 0.1) is 26.5 Å². The predicted octanol–water partition coefficient (Wildman–Crippen LogP) is 2.29. The fourth-order valence-electron chi connectivity index (χ4n) is 2.17. The van der Waals surface area contributed by atoms with Crippen LogP contribution in [0.2, 0.25) is 15.1 Å². The second-order valence-corrected chi connectivity index (χ2v) is 7.50. The maximum Gasteiger partial charge on any atom is 0.227 e. The largest absolute Gasteiger partial charge is 0.311 e. The van der Waals surface area contributed by atoms with E-state index in [0.29, 0.717) is 5.69 Å². The second kappa shape index (κ2) is 5.69. The van der Waals surface area contributed by atoms with E-state index in [1.807, 2.05) is 0 Å². The Hall–Kier alpha value is -0.530. The average Bonchev–Trinajstić information content (AvgIpc) is 2.62. The number of benzene rings is 1. The Morgan fingerprint density at radius 1 is 1.20 bits per heavy atom. The third kappa shape index (κ3) is 3.56. The summed E-state index contributed by atoms with van der Waals surface area (Å²) in [7, 11) is -3.62. The molecule has 0 aromatic heterocycles. The summed E-state index contributed by atoms with van der Waals surface area (Å²) >= 11 is 17.8. The molecule has 1 atom stereocenters. The molecule has 0 bridgehead atoms. The summed E-state index contributed by atoms with van der Waals surface area (Å²) < 4.78 is 22.2. The molecule has 1 fully saturated rings. The SMILES string of the molecule is NS(=O)(=O)CC1CC(=O)N(c2cc(Cl)c(Cl)cc2Cl)C1. The highest BCUT2D eigenvalue weighted by Crippen LogP contribution is 2.37. The fourth-order valence-corrected chi connectivity index (χ4v) is 3.70. The molecule has 2 rings (SSSR count). The van der Waals surface area contributed by atoms with Gasteiger partial charge in [0.1, 0.15) is 0 Å². The van der Waals surface area contributed by atoms with E-state index in [1.54, 1.807) is 0 Å². The van der Waals surface area contributed by atoms with E-state index in [0.717, 1.165) is 0 Å². The van der Waals surface area contributed by atoms with Crippen LogP contribution in [0.3, 0.4) is 0 Å². The Bertz CT molecular complexity index is 663. The van der Waals surface area contributed by atoms with E-state index in [1.165, 1.54) is 17.0 Å². The molecule has 2 N–H and O–H groups in total. The number of primary sulfonamides is 1. The number of hydrogen-bond acceptors (Lipinski definition) is 3. The van der Waals surface area contributed by atoms with Crippen LogP contribution >= 0.6 is 34.8 Å². The highest BCUT2D eigenvalue weighted by Gasteiger charge is 2.34. The Labute approximate surface area is 131 Å². The molecule has 110 valence electrons. The van der Waals surface area contributed by atoms with Crippen LogP contribution in [0.4, 0.5) is 5.69 Å². The van der Waals surface area contributed by atoms with Crippen LogP contribution in [0, 0.1) is 5.92 Å². The molecule has 9 heteroatoms. The molecule has 0 spiro atoms. The number of sulfonamides is 1. The van der Waals surface area contributed by atoms with E-state index in [2.05, 4.69) is 0 Å². The topological polar surface area (TPSA) is 80.5 Å². The van der Waals surface area contributed by atoms with Crippen LogP contribution in [0.15, 0.2) is 12.1 Å². The van der Waals surface area contributed by atoms with Crippen molar-refractivity contribution in [3.8, 4) is 0 Å². The molecule has 0 aliphatic carbocycles. The van der Waals surface area contributed by atoms with Crippen molar-refractivity contribution >= 4 is 56.4 Å². The molecule has 0 radical (unpaired) electrons. The molecular weight excluding hydrogens is 347 g/mol. The van der Waals surface area contributed by atoms with E-state index in [9.17, 15) is 13.2 Å². The molecule has 1 amide bonds. The Kier molecular flexibility index (Phi) is 4.51. The minimum Gasteiger partial charge on any atom is -0.311 e. The van der Waals surface area contributed by atoms with E-state index in [4.69, 9.17) is 39.9 Å². The lowest BCUT2D eigenvalue weighted by molar-refractivity contribution is -0.117. The van der Waals surface area contributed by atoms with Crippen molar-refractivity contribution < 1.29 is 13.2 Å². The predicted molar refractivity (Wildman–Crippen MR) is 79.9 cm³/mol. The molecule has 1 saturated heterocycles. The van der Waals surface area contributed by atoms with Crippen LogP contribution < -0.4 is 10.0 Å². The minimum atomic E-state index is -3.62. The van der Waals surface area contributed by atoms with Gasteiger partial charge in [-0.05, 0) is 12.1 Å². The van der Waals surface area contributed by atoms with Crippen LogP contribution in [-0.4, -0.2) is 26.6 Å². The van der Waals surface area contributed by atoms with Gasteiger partial charge in [-0.2, -0.15) is 0 Å². The standard InChI is InChI=1S/C11H11Cl3N2O3S/c12-7-2-9(14)10(3-8(7)13)16-4-6(1-11(16)17)5-20(15,18)19/h2-3,6H,1,4-5H2,(H2,15,18,19). The minimum absolute atomic E-state index is 0.104. The number of carbonyl (C=O) groups is 1. The molecule has 0 saturated carbocycles. The lowest BCUT2D eigenvalue weighted by Gasteiger charge is -2.18. The van der Waals surface area contributed by atoms with Crippen molar-refractivity contribution in [1.29, 1.82) is 0 Å². The number of carbonyl (C=O) groups excluding carboxylic acids is 1. The number of amides is 1. The first-order chi connectivity index (χ1) is 9.17. The quantitative estimate of drug-likeness (QED) is 0.843. The first-order valence-corrected chi connectivity index (χ1v) is 8.47. The van der Waals surface area contributed by atoms with Crippen molar-refractivity contribution in [3.63, 3.8) is 0 Å². The number of nitrogens with zero attached hydrogens (tertiary/aromatic N) is 1. The van der Waals surface area contributed by atoms with Gasteiger partial charge in [0.25, 0.3) is 0 Å². The first-order valence-electron chi connectivity index (χ1n) is 5.63. The molecule has 1 unspecified atom stereocenters. The molecule has 1 aliphatic rings. The van der Waals surface area contributed by atoms with E-state index in [-0.39, 0.29) is 45.6 Å². The molecule has 1 heterocycles. The maximum atomic E-state index is 12.0. The van der Waals surface area contributed by atoms with Gasteiger partial charge < -0.3 is 4.90 Å². The van der Waals surface area contributed by atoms with Crippen molar-refractivity contribution in [2.75, 3.05) is 17.2 Å². The van der Waals surface area contributed by atoms with Gasteiger partial charge in [0, 0.05) is 18.9 Å². The normalized spacial score (nSPS) is 19.7. The third-order valence-electron chi connectivity index (χ3n) is 2.95. The van der Waals surface area contributed by atoms with Crippen molar-refractivity contribution in [1.82, 2.24) is 0 Å². The Balaban J connectivity index is 2.26. The van der Waals surface area contributed by atoms with E-state index >= 15 is 0 Å². The lowest BCUT2D eigenvalue weighted by Crippen LogP contribution is -2.27. The van der Waals surface area contributed by atoms with Gasteiger partial charge in [-0.1, -0.05) is 34.8 Å². The lowest BCUT2D eigenvalue weighted by atomic mass is 10.1. The third-order valence-corrected chi connectivity index (χ3v) is 4.91. The van der Waals surface area contributed by atoms with Gasteiger partial charge in [0.2, 0.25) is 15.9 Å². The van der Waals surface area contributed by atoms with Gasteiger partial charge in [-0.3, -0.25) is 4.79 Å². The molecule has 20 heavy (non-hydrogen) atoms. The van der Waals surface area contributed by atoms with Gasteiger partial charge in [-0.15, -0.1) is 0 Å². The molecular formula is C11H11Cl3N2O3S. The summed E-state index contributed by atoms with van der Waals surface area (Å²) in [6.45, 7) is 0.229. The van der Waals surface area contributed by atoms with Crippen LogP contribution in [-0.2, 0) is 14.8 Å². The van der Waals surface area contributed by atoms with E-state index < -0.39 is 10.0 Å². The summed E-state index contributed by atoms with van der Waals surface area (Å²) in [6, 6.07) is 2.94. The van der Waals surface area contributed by atoms with Crippen LogP contribution in [0.25, 0.3) is 0 Å². The number of hydrogen-bond donors (Lipinski definition) is 1. The summed E-state index contributed by atoms with van der Waals surface area (Å²) in [5, 5.41) is 5.84. The summed E-state index contributed by atoms with van der Waals surface area (Å²) in [6.07, 6.45) is 0.104. The van der Waals surface area contributed by atoms with Gasteiger partial charge in [0.15, 0.2) is 0 Å². The number of halogens is 3. The number of rotatable bonds is 3. The van der Waals surface area contributed by atoms with Gasteiger partial charge in [-0.25, -0.2) is 13.6 Å². The monoisotopic (exact) mass is 356 g/mol. The maximum absolute atomic E-state index is 12.0. The molecule has 5 nitrogen and oxygen atoms in total. The second-order valence-electron chi connectivity index (χ2n) is 4.62. The summed E-state index contributed by atoms with van der Waals surface area (Å²) in [5.41, 5.74) is 0.419. The van der Waals surface area contributed by atoms with Crippen molar-refractivity contribution in [2.24, 2.45) is 11.1 Å². The Morgan fingerprint density at radius 3 is 2.40 bits per heavy atom. The highest BCUT2D eigenvalue weighted by atomic mass is 35.5. The molecule has 1 aromatic rings. The zero-order valence-corrected chi connectivity index (χ0v) is 13.2. The van der Waals surface area contributed by atoms with Crippen LogP contribution in [0.1, 0.15) is 6.42 Å². The molecule has 1 aliphatic heterocycles. The smallest absolute Gasteiger partial charge is 0.227 e. The van der Waals surface area contributed by atoms with Crippen molar-refractivity contribution in [2.45, 2.75) is 6.42 Å². The Morgan fingerprint density at radius 2 is 1.80 bits per heavy atom. The zero-order valence-electron chi connectivity index (χ0n) is 10.1. The van der Waals surface area contributed by atoms with Gasteiger partial charge >= 0.3 is 0 Å². The average molecular weight is 358 g/mol. The first kappa shape index (κ1) is 15.9. The number of nitrogens with two attached hydrogens (primary N) is 1. The van der Waals surface area contributed by atoms with Crippen molar-refractivity contribution in [3.05, 3.63) is 27.2 Å². The fraction of sp³-hybridized carbons (Fsp3) is 0.364. The number of anilines is 1. The highest BCUT2D eigenvalue weighted by molar-refractivity contribution is 7.89. The summed E-state index contributed by atoms with van der Waals surface area (Å²) in [4.78, 5) is 13.4. The summed E-state index contributed by atoms with van der Waals surface area (Å²) in [5.74, 6) is -0.823. The van der Waals surface area contributed by atoms with Crippen LogP contribution in [0.5, 0.6) is 0 Å². The zero-order chi connectivity index (χ0) is 15.1. The molecule has 1 aromatic carbocycles.